The van der Waals surface area contributed by atoms with E-state index in [1.54, 1.807) is 12.1 Å². The maximum absolute atomic E-state index is 11.7. The summed E-state index contributed by atoms with van der Waals surface area (Å²) in [6, 6.07) is 8.61. The third-order valence-electron chi connectivity index (χ3n) is 2.75. The van der Waals surface area contributed by atoms with E-state index in [-0.39, 0.29) is 22.0 Å². The molecule has 2 aromatic rings. The van der Waals surface area contributed by atoms with Gasteiger partial charge in [-0.05, 0) is 24.3 Å². The number of ether oxygens (including phenoxy) is 2. The van der Waals surface area contributed by atoms with E-state index in [2.05, 4.69) is 4.74 Å². The Balaban J connectivity index is 2.38. The molecule has 0 saturated heterocycles. The van der Waals surface area contributed by atoms with Crippen molar-refractivity contribution in [3.63, 3.8) is 0 Å². The first-order chi connectivity index (χ1) is 10.4. The van der Waals surface area contributed by atoms with Crippen LogP contribution < -0.4 is 9.96 Å². The summed E-state index contributed by atoms with van der Waals surface area (Å²) in [5, 5.41) is 19.7. The first-order valence-electron chi connectivity index (χ1n) is 6.01. The lowest BCUT2D eigenvalue weighted by Gasteiger charge is -2.16. The largest absolute Gasteiger partial charge is 0.595 e. The van der Waals surface area contributed by atoms with Gasteiger partial charge in [-0.15, -0.1) is 0 Å². The van der Waals surface area contributed by atoms with Gasteiger partial charge in [0, 0.05) is 17.2 Å². The van der Waals surface area contributed by atoms with Gasteiger partial charge in [-0.2, -0.15) is 5.23 Å². The second kappa shape index (κ2) is 6.95. The monoisotopic (exact) mass is 343 g/mol. The Morgan fingerprint density at radius 3 is 2.55 bits per heavy atom. The van der Waals surface area contributed by atoms with Gasteiger partial charge >= 0.3 is 5.97 Å². The van der Waals surface area contributed by atoms with Crippen molar-refractivity contribution in [2.75, 3.05) is 7.11 Å². The minimum atomic E-state index is -1.24. The average molecular weight is 344 g/mol. The lowest BCUT2D eigenvalue weighted by Crippen LogP contribution is -2.99. The van der Waals surface area contributed by atoms with Crippen molar-refractivity contribution >= 4 is 34.9 Å². The number of carbonyl (C=O) groups is 1. The van der Waals surface area contributed by atoms with Crippen LogP contribution in [0.1, 0.15) is 10.4 Å². The number of hydrogen-bond acceptors (Lipinski definition) is 5. The van der Waals surface area contributed by atoms with Gasteiger partial charge in [0.15, 0.2) is 5.69 Å². The number of nitrogens with one attached hydrogen (secondary N) is 1. The maximum Gasteiger partial charge on any atom is 0.344 e. The normalized spacial score (nSPS) is 11.9. The molecule has 0 aromatic heterocycles. The fraction of sp³-hybridized carbons (Fsp3) is 0.0714. The Morgan fingerprint density at radius 1 is 1.23 bits per heavy atom. The molecule has 0 aliphatic heterocycles. The molecule has 0 heterocycles. The number of rotatable bonds is 4. The molecule has 0 spiro atoms. The zero-order valence-electron chi connectivity index (χ0n) is 11.3. The van der Waals surface area contributed by atoms with Crippen molar-refractivity contribution in [3.05, 3.63) is 57.2 Å². The molecule has 22 heavy (non-hydrogen) atoms. The first kappa shape index (κ1) is 16.5. The molecule has 116 valence electrons. The second-order valence-electron chi connectivity index (χ2n) is 4.18. The van der Waals surface area contributed by atoms with Crippen molar-refractivity contribution < 1.29 is 24.7 Å². The number of carbonyl (C=O) groups excluding carboxylic acids is 1. The molecule has 0 amide bonds. The van der Waals surface area contributed by atoms with Gasteiger partial charge in [-0.3, -0.25) is 0 Å². The van der Waals surface area contributed by atoms with Crippen LogP contribution in [0.2, 0.25) is 10.0 Å². The summed E-state index contributed by atoms with van der Waals surface area (Å²) in [6.07, 6.45) is 0. The summed E-state index contributed by atoms with van der Waals surface area (Å²) in [7, 11) is 1.16. The fourth-order valence-electron chi connectivity index (χ4n) is 1.74. The lowest BCUT2D eigenvalue weighted by molar-refractivity contribution is -0.991. The van der Waals surface area contributed by atoms with Gasteiger partial charge < -0.3 is 14.7 Å². The molecular formula is C14H11Cl2NO5. The smallest absolute Gasteiger partial charge is 0.344 e. The molecule has 0 fully saturated rings. The van der Waals surface area contributed by atoms with Crippen LogP contribution in [-0.2, 0) is 4.74 Å². The summed E-state index contributed by atoms with van der Waals surface area (Å²) >= 11 is 11.8. The lowest BCUT2D eigenvalue weighted by atomic mass is 10.1. The van der Waals surface area contributed by atoms with E-state index < -0.39 is 11.2 Å². The molecule has 2 aromatic carbocycles. The minimum absolute atomic E-state index is 0.113. The Hall–Kier alpha value is -1.83. The molecule has 2 N–H and O–H groups in total. The van der Waals surface area contributed by atoms with Crippen LogP contribution in [0.4, 0.5) is 5.69 Å². The first-order valence-corrected chi connectivity index (χ1v) is 6.76. The SMILES string of the molecule is COC(=O)c1cc(Oc2ccc(Cl)cc2Cl)ccc1[NH+]([O-])O. The predicted octanol–water partition coefficient (Wildman–Crippen LogP) is 2.98. The number of methoxy groups -OCH3 is 1. The molecule has 8 heteroatoms. The van der Waals surface area contributed by atoms with E-state index in [0.29, 0.717) is 10.8 Å². The van der Waals surface area contributed by atoms with Gasteiger partial charge in [-0.1, -0.05) is 23.2 Å². The van der Waals surface area contributed by atoms with Crippen LogP contribution in [0.5, 0.6) is 11.5 Å². The Kier molecular flexibility index (Phi) is 5.23. The highest BCUT2D eigenvalue weighted by Crippen LogP contribution is 2.32. The summed E-state index contributed by atoms with van der Waals surface area (Å²) in [4.78, 5) is 11.7. The molecule has 0 radical (unpaired) electrons. The minimum Gasteiger partial charge on any atom is -0.595 e. The van der Waals surface area contributed by atoms with Crippen LogP contribution in [0, 0.1) is 5.21 Å². The molecule has 0 aliphatic rings. The number of benzene rings is 2. The van der Waals surface area contributed by atoms with Gasteiger partial charge in [0.25, 0.3) is 0 Å². The third kappa shape index (κ3) is 3.68. The van der Waals surface area contributed by atoms with E-state index in [4.69, 9.17) is 33.1 Å². The summed E-state index contributed by atoms with van der Waals surface area (Å²) in [6.45, 7) is 0. The zero-order valence-corrected chi connectivity index (χ0v) is 12.8. The Labute approximate surface area is 135 Å². The highest BCUT2D eigenvalue weighted by Gasteiger charge is 2.19. The molecule has 2 rings (SSSR count). The zero-order chi connectivity index (χ0) is 16.3. The summed E-state index contributed by atoms with van der Waals surface area (Å²) in [5.41, 5.74) is -0.293. The molecule has 1 atom stereocenters. The average Bonchev–Trinajstić information content (AvgIpc) is 2.49. The van der Waals surface area contributed by atoms with Gasteiger partial charge in [0.2, 0.25) is 0 Å². The highest BCUT2D eigenvalue weighted by atomic mass is 35.5. The van der Waals surface area contributed by atoms with E-state index >= 15 is 0 Å². The van der Waals surface area contributed by atoms with Crippen molar-refractivity contribution in [2.24, 2.45) is 0 Å². The Morgan fingerprint density at radius 2 is 1.95 bits per heavy atom. The molecular weight excluding hydrogens is 333 g/mol. The standard InChI is InChI=1S/C14H11Cl2NO5/c1-21-14(18)10-7-9(3-4-12(10)17(19)20)22-13-5-2-8(15)6-11(13)16/h2-7,17,19H,1H3. The molecule has 1 unspecified atom stereocenters. The van der Waals surface area contributed by atoms with Crippen molar-refractivity contribution in [1.29, 1.82) is 0 Å². The van der Waals surface area contributed by atoms with E-state index in [9.17, 15) is 10.0 Å². The number of hydrogen-bond donors (Lipinski definition) is 2. The predicted molar refractivity (Wildman–Crippen MR) is 80.1 cm³/mol. The van der Waals surface area contributed by atoms with Crippen molar-refractivity contribution in [1.82, 2.24) is 0 Å². The van der Waals surface area contributed by atoms with Crippen molar-refractivity contribution in [2.45, 2.75) is 0 Å². The topological polar surface area (TPSA) is 83.3 Å². The van der Waals surface area contributed by atoms with Crippen LogP contribution in [0.25, 0.3) is 0 Å². The molecule has 0 bridgehead atoms. The van der Waals surface area contributed by atoms with Gasteiger partial charge in [-0.25, -0.2) is 10.0 Å². The number of halogens is 2. The Bertz CT molecular complexity index is 706. The van der Waals surface area contributed by atoms with Crippen LogP contribution >= 0.6 is 23.2 Å². The molecule has 6 nitrogen and oxygen atoms in total. The number of quaternary nitrogens is 1. The van der Waals surface area contributed by atoms with Crippen LogP contribution in [0.3, 0.4) is 0 Å². The number of esters is 1. The van der Waals surface area contributed by atoms with Gasteiger partial charge in [0.1, 0.15) is 17.1 Å². The maximum atomic E-state index is 11.7. The summed E-state index contributed by atoms with van der Waals surface area (Å²) < 4.78 is 10.1. The molecule has 0 saturated carbocycles. The van der Waals surface area contributed by atoms with Gasteiger partial charge in [0.05, 0.1) is 12.1 Å². The second-order valence-corrected chi connectivity index (χ2v) is 5.02. The fourth-order valence-corrected chi connectivity index (χ4v) is 2.18. The quantitative estimate of drug-likeness (QED) is 0.658. The van der Waals surface area contributed by atoms with Crippen LogP contribution in [-0.4, -0.2) is 18.3 Å². The molecule has 0 aliphatic carbocycles. The van der Waals surface area contributed by atoms with E-state index in [0.717, 1.165) is 7.11 Å². The summed E-state index contributed by atoms with van der Waals surface area (Å²) in [5.74, 6) is -0.204. The van der Waals surface area contributed by atoms with E-state index in [1.165, 1.54) is 24.3 Å². The van der Waals surface area contributed by atoms with Crippen molar-refractivity contribution in [3.8, 4) is 11.5 Å². The highest BCUT2D eigenvalue weighted by molar-refractivity contribution is 6.35. The van der Waals surface area contributed by atoms with E-state index in [1.807, 2.05) is 0 Å². The third-order valence-corrected chi connectivity index (χ3v) is 3.28. The van der Waals surface area contributed by atoms with Crippen LogP contribution in [0.15, 0.2) is 36.4 Å².